The predicted octanol–water partition coefficient (Wildman–Crippen LogP) is 2.45. The number of hydrogen-bond acceptors (Lipinski definition) is 1. The Hall–Kier alpha value is -0.760. The Balaban J connectivity index is 2.77. The molecule has 0 aromatic carbocycles. The van der Waals surface area contributed by atoms with Gasteiger partial charge in [-0.05, 0) is 18.9 Å². The molecule has 0 saturated carbocycles. The van der Waals surface area contributed by atoms with Crippen LogP contribution in [0.15, 0.2) is 18.5 Å². The molecule has 2 nitrogen and oxygen atoms in total. The van der Waals surface area contributed by atoms with Crippen molar-refractivity contribution in [1.29, 1.82) is 0 Å². The Morgan fingerprint density at radius 3 is 3.00 bits per heavy atom. The highest BCUT2D eigenvalue weighted by molar-refractivity contribution is 6.17. The van der Waals surface area contributed by atoms with E-state index in [0.717, 1.165) is 12.2 Å². The number of rotatable bonds is 3. The highest BCUT2D eigenvalue weighted by Gasteiger charge is 1.99. The molecule has 0 fully saturated rings. The molecule has 0 aliphatic heterocycles. The standard InChI is InChI=1S/C9H13ClN2/c1-8(4-3-5-10)9-11-6-7-12(9)2/h4,6-7H,3,5H2,1-2H3/b8-4-. The second-order valence-corrected chi connectivity index (χ2v) is 3.10. The van der Waals surface area contributed by atoms with E-state index in [-0.39, 0.29) is 0 Å². The summed E-state index contributed by atoms with van der Waals surface area (Å²) in [6, 6.07) is 0. The first-order chi connectivity index (χ1) is 5.75. The van der Waals surface area contributed by atoms with Crippen molar-refractivity contribution in [2.45, 2.75) is 13.3 Å². The van der Waals surface area contributed by atoms with Crippen LogP contribution in [0.4, 0.5) is 0 Å². The first kappa shape index (κ1) is 9.33. The molecule has 0 saturated heterocycles. The van der Waals surface area contributed by atoms with Gasteiger partial charge in [0.05, 0.1) is 0 Å². The molecule has 1 aromatic heterocycles. The summed E-state index contributed by atoms with van der Waals surface area (Å²) in [7, 11) is 1.99. The lowest BCUT2D eigenvalue weighted by atomic mass is 10.2. The number of aromatic nitrogens is 2. The van der Waals surface area contributed by atoms with Crippen LogP contribution in [0.5, 0.6) is 0 Å². The Morgan fingerprint density at radius 2 is 2.50 bits per heavy atom. The van der Waals surface area contributed by atoms with Crippen LogP contribution in [0.25, 0.3) is 5.57 Å². The second-order valence-electron chi connectivity index (χ2n) is 2.73. The van der Waals surface area contributed by atoms with Gasteiger partial charge in [0.2, 0.25) is 0 Å². The predicted molar refractivity (Wildman–Crippen MR) is 52.2 cm³/mol. The van der Waals surface area contributed by atoms with E-state index in [0.29, 0.717) is 5.88 Å². The van der Waals surface area contributed by atoms with Crippen molar-refractivity contribution in [3.8, 4) is 0 Å². The Kier molecular flexibility index (Phi) is 3.35. The molecule has 0 spiro atoms. The second kappa shape index (κ2) is 4.31. The molecule has 0 aliphatic rings. The summed E-state index contributed by atoms with van der Waals surface area (Å²) in [4.78, 5) is 4.22. The van der Waals surface area contributed by atoms with Crippen molar-refractivity contribution >= 4 is 17.2 Å². The number of hydrogen-bond donors (Lipinski definition) is 0. The highest BCUT2D eigenvalue weighted by atomic mass is 35.5. The summed E-state index contributed by atoms with van der Waals surface area (Å²) in [6.45, 7) is 2.05. The van der Waals surface area contributed by atoms with Crippen molar-refractivity contribution in [1.82, 2.24) is 9.55 Å². The van der Waals surface area contributed by atoms with Gasteiger partial charge in [-0.3, -0.25) is 0 Å². The van der Waals surface area contributed by atoms with Crippen molar-refractivity contribution < 1.29 is 0 Å². The molecule has 66 valence electrons. The van der Waals surface area contributed by atoms with Crippen LogP contribution < -0.4 is 0 Å². The third kappa shape index (κ3) is 2.11. The fourth-order valence-electron chi connectivity index (χ4n) is 1.11. The average Bonchev–Trinajstić information content (AvgIpc) is 2.47. The SMILES string of the molecule is C/C(=C/CCCl)c1nccn1C. The van der Waals surface area contributed by atoms with Crippen molar-refractivity contribution in [2.24, 2.45) is 7.05 Å². The maximum absolute atomic E-state index is 5.57. The van der Waals surface area contributed by atoms with Crippen LogP contribution in [0.1, 0.15) is 19.2 Å². The molecule has 0 N–H and O–H groups in total. The molecule has 0 amide bonds. The van der Waals surface area contributed by atoms with E-state index in [1.54, 1.807) is 6.20 Å². The number of nitrogens with zero attached hydrogens (tertiary/aromatic N) is 2. The third-order valence-corrected chi connectivity index (χ3v) is 1.95. The molecule has 1 heterocycles. The topological polar surface area (TPSA) is 17.8 Å². The highest BCUT2D eigenvalue weighted by Crippen LogP contribution is 2.10. The van der Waals surface area contributed by atoms with Gasteiger partial charge in [0.25, 0.3) is 0 Å². The monoisotopic (exact) mass is 184 g/mol. The molecule has 0 radical (unpaired) electrons. The minimum Gasteiger partial charge on any atom is -0.334 e. The van der Waals surface area contributed by atoms with E-state index < -0.39 is 0 Å². The van der Waals surface area contributed by atoms with E-state index in [9.17, 15) is 0 Å². The summed E-state index contributed by atoms with van der Waals surface area (Å²) in [6.07, 6.45) is 6.75. The van der Waals surface area contributed by atoms with Gasteiger partial charge < -0.3 is 4.57 Å². The number of alkyl halides is 1. The molecule has 3 heteroatoms. The van der Waals surface area contributed by atoms with Crippen LogP contribution in [0.3, 0.4) is 0 Å². The Bertz CT molecular complexity index is 276. The van der Waals surface area contributed by atoms with Gasteiger partial charge in [0.1, 0.15) is 5.82 Å². The smallest absolute Gasteiger partial charge is 0.134 e. The molecule has 1 rings (SSSR count). The molecule has 0 aliphatic carbocycles. The lowest BCUT2D eigenvalue weighted by Crippen LogP contribution is -1.93. The summed E-state index contributed by atoms with van der Waals surface area (Å²) in [5.41, 5.74) is 1.18. The Morgan fingerprint density at radius 1 is 1.75 bits per heavy atom. The minimum absolute atomic E-state index is 0.668. The fourth-order valence-corrected chi connectivity index (χ4v) is 1.22. The van der Waals surface area contributed by atoms with Gasteiger partial charge in [-0.15, -0.1) is 11.6 Å². The molecular formula is C9H13ClN2. The normalized spacial score (nSPS) is 12.1. The maximum atomic E-state index is 5.57. The fraction of sp³-hybridized carbons (Fsp3) is 0.444. The first-order valence-electron chi connectivity index (χ1n) is 3.96. The van der Waals surface area contributed by atoms with Crippen molar-refractivity contribution in [3.05, 3.63) is 24.3 Å². The molecular weight excluding hydrogens is 172 g/mol. The zero-order chi connectivity index (χ0) is 8.97. The number of aryl methyl sites for hydroxylation is 1. The summed E-state index contributed by atoms with van der Waals surface area (Å²) >= 11 is 5.57. The van der Waals surface area contributed by atoms with Crippen LogP contribution in [0.2, 0.25) is 0 Å². The number of allylic oxidation sites excluding steroid dienone is 2. The lowest BCUT2D eigenvalue weighted by Gasteiger charge is -2.00. The van der Waals surface area contributed by atoms with E-state index in [1.807, 2.05) is 17.8 Å². The van der Waals surface area contributed by atoms with E-state index >= 15 is 0 Å². The quantitative estimate of drug-likeness (QED) is 0.660. The maximum Gasteiger partial charge on any atom is 0.134 e. The third-order valence-electron chi connectivity index (χ3n) is 1.73. The zero-order valence-electron chi connectivity index (χ0n) is 7.42. The minimum atomic E-state index is 0.668. The van der Waals surface area contributed by atoms with Gasteiger partial charge in [-0.25, -0.2) is 4.98 Å². The van der Waals surface area contributed by atoms with E-state index in [1.165, 1.54) is 5.57 Å². The molecule has 12 heavy (non-hydrogen) atoms. The molecule has 0 bridgehead atoms. The molecule has 1 aromatic rings. The first-order valence-corrected chi connectivity index (χ1v) is 4.49. The van der Waals surface area contributed by atoms with Gasteiger partial charge in [-0.2, -0.15) is 0 Å². The van der Waals surface area contributed by atoms with Crippen molar-refractivity contribution in [2.75, 3.05) is 5.88 Å². The van der Waals surface area contributed by atoms with Crippen LogP contribution in [0, 0.1) is 0 Å². The van der Waals surface area contributed by atoms with Crippen LogP contribution >= 0.6 is 11.6 Å². The average molecular weight is 185 g/mol. The zero-order valence-corrected chi connectivity index (χ0v) is 8.17. The van der Waals surface area contributed by atoms with Gasteiger partial charge in [-0.1, -0.05) is 6.08 Å². The van der Waals surface area contributed by atoms with Gasteiger partial charge in [0.15, 0.2) is 0 Å². The van der Waals surface area contributed by atoms with Crippen molar-refractivity contribution in [3.63, 3.8) is 0 Å². The molecule has 0 unspecified atom stereocenters. The Labute approximate surface area is 77.9 Å². The van der Waals surface area contributed by atoms with E-state index in [4.69, 9.17) is 11.6 Å². The number of halogens is 1. The van der Waals surface area contributed by atoms with Crippen LogP contribution in [-0.4, -0.2) is 15.4 Å². The molecule has 0 atom stereocenters. The number of imidazole rings is 1. The lowest BCUT2D eigenvalue weighted by molar-refractivity contribution is 0.887. The summed E-state index contributed by atoms with van der Waals surface area (Å²) < 4.78 is 2.00. The summed E-state index contributed by atoms with van der Waals surface area (Å²) in [5, 5.41) is 0. The van der Waals surface area contributed by atoms with Gasteiger partial charge >= 0.3 is 0 Å². The summed E-state index contributed by atoms with van der Waals surface area (Å²) in [5.74, 6) is 1.68. The largest absolute Gasteiger partial charge is 0.334 e. The van der Waals surface area contributed by atoms with Gasteiger partial charge in [0, 0.05) is 25.3 Å². The van der Waals surface area contributed by atoms with Crippen LogP contribution in [-0.2, 0) is 7.05 Å². The van der Waals surface area contributed by atoms with E-state index in [2.05, 4.69) is 18.0 Å².